The van der Waals surface area contributed by atoms with Gasteiger partial charge in [0, 0.05) is 50.5 Å². The Hall–Kier alpha value is -4.81. The van der Waals surface area contributed by atoms with Gasteiger partial charge < -0.3 is 28.7 Å². The second-order valence-corrected chi connectivity index (χ2v) is 12.0. The standard InChI is InChI=1S/C35H41N7O5/c1-43-28-10-9-23(15-30(28)44-2)18-36-35-37-19-26(34-38-33(39-42(34)35)29-8-6-14-47-29)20-40-12-5-7-27(22-40)41-13-11-24-16-31(45-3)32(46-4)17-25(24)21-41/h6,8-10,14-17,19,27H,5,7,11-13,18,20-22H2,1-4H3,(H,36,37). The zero-order chi connectivity index (χ0) is 32.3. The molecule has 0 radical (unpaired) electrons. The number of likely N-dealkylation sites (tertiary alicyclic amines) is 1. The molecule has 7 rings (SSSR count). The molecule has 1 atom stereocenters. The fourth-order valence-electron chi connectivity index (χ4n) is 6.76. The van der Waals surface area contributed by atoms with E-state index in [1.54, 1.807) is 39.2 Å². The van der Waals surface area contributed by atoms with Gasteiger partial charge >= 0.3 is 0 Å². The largest absolute Gasteiger partial charge is 0.493 e. The van der Waals surface area contributed by atoms with Crippen LogP contribution in [0.5, 0.6) is 23.0 Å². The first kappa shape index (κ1) is 30.8. The van der Waals surface area contributed by atoms with Crippen LogP contribution in [0.25, 0.3) is 17.2 Å². The number of nitrogens with one attached hydrogen (secondary N) is 1. The topological polar surface area (TPSA) is 112 Å². The summed E-state index contributed by atoms with van der Waals surface area (Å²) in [6.45, 7) is 5.20. The highest BCUT2D eigenvalue weighted by atomic mass is 16.5. The van der Waals surface area contributed by atoms with Gasteiger partial charge in [0.15, 0.2) is 34.4 Å². The third-order valence-corrected chi connectivity index (χ3v) is 9.22. The van der Waals surface area contributed by atoms with E-state index in [9.17, 15) is 0 Å². The van der Waals surface area contributed by atoms with Crippen LogP contribution in [0, 0.1) is 0 Å². The molecule has 0 amide bonds. The van der Waals surface area contributed by atoms with Gasteiger partial charge in [0.25, 0.3) is 0 Å². The van der Waals surface area contributed by atoms with E-state index in [0.717, 1.165) is 73.8 Å². The number of nitrogens with zero attached hydrogens (tertiary/aromatic N) is 6. The highest BCUT2D eigenvalue weighted by Gasteiger charge is 2.29. The Kier molecular flexibility index (Phi) is 8.86. The Labute approximate surface area is 274 Å². The zero-order valence-corrected chi connectivity index (χ0v) is 27.4. The number of rotatable bonds is 11. The lowest BCUT2D eigenvalue weighted by molar-refractivity contribution is 0.0838. The lowest BCUT2D eigenvalue weighted by Crippen LogP contribution is -2.49. The van der Waals surface area contributed by atoms with Crippen LogP contribution < -0.4 is 24.3 Å². The molecule has 1 unspecified atom stereocenters. The number of piperidine rings is 1. The summed E-state index contributed by atoms with van der Waals surface area (Å²) in [5, 5.41) is 8.26. The molecule has 2 aromatic carbocycles. The highest BCUT2D eigenvalue weighted by Crippen LogP contribution is 2.35. The first-order valence-electron chi connectivity index (χ1n) is 16.0. The van der Waals surface area contributed by atoms with Crippen LogP contribution in [0.1, 0.15) is 35.1 Å². The number of hydrogen-bond acceptors (Lipinski definition) is 11. The lowest BCUT2D eigenvalue weighted by atomic mass is 9.95. The van der Waals surface area contributed by atoms with Crippen molar-refractivity contribution in [3.05, 3.63) is 77.2 Å². The average Bonchev–Trinajstić information content (AvgIpc) is 3.82. The Balaban J connectivity index is 1.10. The molecule has 0 spiro atoms. The molecule has 1 N–H and O–H groups in total. The van der Waals surface area contributed by atoms with Crippen LogP contribution in [-0.2, 0) is 26.1 Å². The molecule has 1 fully saturated rings. The van der Waals surface area contributed by atoms with Crippen molar-refractivity contribution in [3.8, 4) is 34.6 Å². The molecule has 0 saturated carbocycles. The number of benzene rings is 2. The zero-order valence-electron chi connectivity index (χ0n) is 27.4. The molecule has 0 bridgehead atoms. The summed E-state index contributed by atoms with van der Waals surface area (Å²) in [5.41, 5.74) is 5.47. The van der Waals surface area contributed by atoms with Gasteiger partial charge in [0.1, 0.15) is 0 Å². The maximum absolute atomic E-state index is 5.65. The fourth-order valence-corrected chi connectivity index (χ4v) is 6.76. The SMILES string of the molecule is COc1ccc(CNc2ncc(CN3CCCC(N4CCc5cc(OC)c(OC)cc5C4)C3)c3nc(-c4ccco4)nn23)cc1OC. The average molecular weight is 640 g/mol. The third kappa shape index (κ3) is 6.30. The van der Waals surface area contributed by atoms with E-state index >= 15 is 0 Å². The number of fused-ring (bicyclic) bond motifs is 2. The second-order valence-electron chi connectivity index (χ2n) is 12.0. The van der Waals surface area contributed by atoms with E-state index < -0.39 is 0 Å². The molecule has 5 heterocycles. The number of anilines is 1. The molecule has 47 heavy (non-hydrogen) atoms. The van der Waals surface area contributed by atoms with Gasteiger partial charge in [-0.3, -0.25) is 9.80 Å². The summed E-state index contributed by atoms with van der Waals surface area (Å²) >= 11 is 0. The van der Waals surface area contributed by atoms with E-state index in [4.69, 9.17) is 38.4 Å². The van der Waals surface area contributed by atoms with Gasteiger partial charge in [-0.1, -0.05) is 6.07 Å². The third-order valence-electron chi connectivity index (χ3n) is 9.22. The Morgan fingerprint density at radius 1 is 0.915 bits per heavy atom. The van der Waals surface area contributed by atoms with Crippen LogP contribution in [-0.4, -0.2) is 83.5 Å². The van der Waals surface area contributed by atoms with E-state index in [1.165, 1.54) is 17.5 Å². The van der Waals surface area contributed by atoms with Crippen molar-refractivity contribution in [2.75, 3.05) is 53.4 Å². The second kappa shape index (κ2) is 13.5. The van der Waals surface area contributed by atoms with Crippen LogP contribution in [0.4, 0.5) is 5.95 Å². The van der Waals surface area contributed by atoms with Gasteiger partial charge in [0.2, 0.25) is 11.8 Å². The number of ether oxygens (including phenoxy) is 4. The fraction of sp³-hybridized carbons (Fsp3) is 0.400. The molecule has 1 saturated heterocycles. The maximum Gasteiger partial charge on any atom is 0.226 e. The van der Waals surface area contributed by atoms with Crippen LogP contribution in [0.3, 0.4) is 0 Å². The summed E-state index contributed by atoms with van der Waals surface area (Å²) in [5.74, 6) is 4.69. The van der Waals surface area contributed by atoms with E-state index in [2.05, 4.69) is 27.2 Å². The summed E-state index contributed by atoms with van der Waals surface area (Å²) in [7, 11) is 6.66. The quantitative estimate of drug-likeness (QED) is 0.210. The molecular weight excluding hydrogens is 598 g/mol. The smallest absolute Gasteiger partial charge is 0.226 e. The summed E-state index contributed by atoms with van der Waals surface area (Å²) in [6, 6.07) is 14.3. The van der Waals surface area contributed by atoms with Gasteiger partial charge in [-0.25, -0.2) is 9.97 Å². The van der Waals surface area contributed by atoms with Crippen LogP contribution >= 0.6 is 0 Å². The Morgan fingerprint density at radius 2 is 1.70 bits per heavy atom. The van der Waals surface area contributed by atoms with Crippen molar-refractivity contribution in [2.45, 2.75) is 44.9 Å². The lowest BCUT2D eigenvalue weighted by Gasteiger charge is -2.41. The van der Waals surface area contributed by atoms with Crippen molar-refractivity contribution >= 4 is 11.6 Å². The molecule has 0 aliphatic carbocycles. The minimum atomic E-state index is 0.466. The first-order chi connectivity index (χ1) is 23.1. The minimum Gasteiger partial charge on any atom is -0.493 e. The number of furan rings is 1. The number of aromatic nitrogens is 4. The van der Waals surface area contributed by atoms with Crippen molar-refractivity contribution in [1.29, 1.82) is 0 Å². The molecule has 246 valence electrons. The molecule has 5 aromatic rings. The summed E-state index contributed by atoms with van der Waals surface area (Å²) in [4.78, 5) is 14.9. The van der Waals surface area contributed by atoms with E-state index in [-0.39, 0.29) is 0 Å². The monoisotopic (exact) mass is 639 g/mol. The summed E-state index contributed by atoms with van der Waals surface area (Å²) < 4.78 is 29.5. The van der Waals surface area contributed by atoms with Gasteiger partial charge in [-0.2, -0.15) is 4.52 Å². The molecule has 12 heteroatoms. The molecule has 3 aromatic heterocycles. The molecule has 2 aliphatic rings. The van der Waals surface area contributed by atoms with Crippen LogP contribution in [0.2, 0.25) is 0 Å². The highest BCUT2D eigenvalue weighted by molar-refractivity contribution is 5.58. The minimum absolute atomic E-state index is 0.466. The van der Waals surface area contributed by atoms with Crippen molar-refractivity contribution in [3.63, 3.8) is 0 Å². The maximum atomic E-state index is 5.65. The summed E-state index contributed by atoms with van der Waals surface area (Å²) in [6.07, 6.45) is 6.88. The van der Waals surface area contributed by atoms with Crippen molar-refractivity contribution < 1.29 is 23.4 Å². The van der Waals surface area contributed by atoms with Gasteiger partial charge in [0.05, 0.1) is 34.7 Å². The number of hydrogen-bond donors (Lipinski definition) is 1. The Bertz CT molecular complexity index is 1840. The van der Waals surface area contributed by atoms with E-state index in [1.807, 2.05) is 36.5 Å². The number of methoxy groups -OCH3 is 4. The van der Waals surface area contributed by atoms with Gasteiger partial charge in [-0.15, -0.1) is 5.10 Å². The normalized spacial score (nSPS) is 17.0. The van der Waals surface area contributed by atoms with Crippen molar-refractivity contribution in [2.24, 2.45) is 0 Å². The first-order valence-corrected chi connectivity index (χ1v) is 16.0. The van der Waals surface area contributed by atoms with Gasteiger partial charge in [-0.05, 0) is 78.9 Å². The Morgan fingerprint density at radius 3 is 2.47 bits per heavy atom. The van der Waals surface area contributed by atoms with Crippen molar-refractivity contribution in [1.82, 2.24) is 29.4 Å². The van der Waals surface area contributed by atoms with Crippen LogP contribution in [0.15, 0.2) is 59.3 Å². The predicted molar refractivity (Wildman–Crippen MR) is 177 cm³/mol. The molecule has 12 nitrogen and oxygen atoms in total. The predicted octanol–water partition coefficient (Wildman–Crippen LogP) is 5.05. The molecule has 2 aliphatic heterocycles. The molecular formula is C35H41N7O5. The van der Waals surface area contributed by atoms with E-state index in [0.29, 0.717) is 41.6 Å².